The molecule has 2 aromatic heterocycles. The van der Waals surface area contributed by atoms with E-state index in [1.165, 1.54) is 0 Å². The highest BCUT2D eigenvalue weighted by Crippen LogP contribution is 2.39. The fraction of sp³-hybridized carbons (Fsp3) is 0.588. The van der Waals surface area contributed by atoms with Gasteiger partial charge in [0, 0.05) is 24.7 Å². The molecule has 1 aliphatic heterocycles. The molecular weight excluding hydrogens is 308 g/mol. The van der Waals surface area contributed by atoms with Gasteiger partial charge in [0.1, 0.15) is 12.2 Å². The maximum Gasteiger partial charge on any atom is 0.274 e. The number of aryl methyl sites for hydroxylation is 2. The first-order valence-electron chi connectivity index (χ1n) is 8.49. The minimum absolute atomic E-state index is 0.0974. The van der Waals surface area contributed by atoms with Gasteiger partial charge in [0.15, 0.2) is 5.82 Å². The predicted octanol–water partition coefficient (Wildman–Crippen LogP) is 1.89. The molecule has 1 saturated heterocycles. The van der Waals surface area contributed by atoms with E-state index >= 15 is 0 Å². The van der Waals surface area contributed by atoms with Crippen molar-refractivity contribution in [1.29, 1.82) is 0 Å². The summed E-state index contributed by atoms with van der Waals surface area (Å²) in [4.78, 5) is 19.0. The summed E-state index contributed by atoms with van der Waals surface area (Å²) >= 11 is 0. The van der Waals surface area contributed by atoms with Gasteiger partial charge in [-0.2, -0.15) is 4.98 Å². The van der Waals surface area contributed by atoms with Crippen LogP contribution in [0.5, 0.6) is 0 Å². The molecule has 0 aromatic carbocycles. The average molecular weight is 330 g/mol. The number of amides is 1. The molecule has 1 saturated carbocycles. The first-order valence-corrected chi connectivity index (χ1v) is 8.49. The molecule has 0 spiro atoms. The fourth-order valence-electron chi connectivity index (χ4n) is 3.22. The van der Waals surface area contributed by atoms with Crippen LogP contribution in [0.4, 0.5) is 0 Å². The summed E-state index contributed by atoms with van der Waals surface area (Å²) in [5, 5.41) is 4.10. The highest BCUT2D eigenvalue weighted by molar-refractivity contribution is 5.77. The Balaban J connectivity index is 1.61. The number of hydrogen-bond acceptors (Lipinski definition) is 5. The minimum atomic E-state index is 0.0974. The zero-order chi connectivity index (χ0) is 16.7. The monoisotopic (exact) mass is 330 g/mol. The number of carbonyl (C=O) groups is 1. The molecule has 7 nitrogen and oxygen atoms in total. The molecule has 24 heavy (non-hydrogen) atoms. The van der Waals surface area contributed by atoms with Crippen molar-refractivity contribution in [2.75, 3.05) is 26.3 Å². The van der Waals surface area contributed by atoms with Crippen LogP contribution in [-0.4, -0.2) is 51.8 Å². The van der Waals surface area contributed by atoms with Gasteiger partial charge in [-0.25, -0.2) is 0 Å². The van der Waals surface area contributed by atoms with Crippen LogP contribution in [-0.2, 0) is 16.1 Å². The molecule has 128 valence electrons. The Morgan fingerprint density at radius 1 is 1.29 bits per heavy atom. The van der Waals surface area contributed by atoms with E-state index in [0.29, 0.717) is 38.1 Å². The Hall–Kier alpha value is -2.15. The number of carbonyl (C=O) groups excluding carboxylic acids is 1. The number of ether oxygens (including phenoxy) is 1. The van der Waals surface area contributed by atoms with Crippen molar-refractivity contribution in [3.63, 3.8) is 0 Å². The van der Waals surface area contributed by atoms with Gasteiger partial charge < -0.3 is 18.7 Å². The summed E-state index contributed by atoms with van der Waals surface area (Å²) in [6, 6.07) is 2.06. The van der Waals surface area contributed by atoms with Crippen LogP contribution in [0.25, 0.3) is 11.6 Å². The third-order valence-electron chi connectivity index (χ3n) is 4.74. The second-order valence-electron chi connectivity index (χ2n) is 6.63. The molecule has 0 unspecified atom stereocenters. The second-order valence-corrected chi connectivity index (χ2v) is 6.63. The lowest BCUT2D eigenvalue weighted by molar-refractivity contribution is -0.135. The lowest BCUT2D eigenvalue weighted by Gasteiger charge is -2.27. The molecule has 7 heteroatoms. The summed E-state index contributed by atoms with van der Waals surface area (Å²) in [5.74, 6) is 1.84. The van der Waals surface area contributed by atoms with E-state index in [9.17, 15) is 4.79 Å². The molecule has 4 rings (SSSR count). The van der Waals surface area contributed by atoms with Gasteiger partial charge >= 0.3 is 0 Å². The van der Waals surface area contributed by atoms with Crippen LogP contribution >= 0.6 is 0 Å². The Morgan fingerprint density at radius 2 is 2.04 bits per heavy atom. The molecular formula is C17H22N4O3. The molecule has 2 aromatic rings. The van der Waals surface area contributed by atoms with Crippen LogP contribution in [0.15, 0.2) is 10.6 Å². The molecule has 2 aliphatic rings. The van der Waals surface area contributed by atoms with Gasteiger partial charge in [0.25, 0.3) is 5.89 Å². The largest absolute Gasteiger partial charge is 0.378 e. The molecule has 1 amide bonds. The average Bonchev–Trinajstić information content (AvgIpc) is 3.26. The van der Waals surface area contributed by atoms with Gasteiger partial charge in [-0.1, -0.05) is 5.16 Å². The quantitative estimate of drug-likeness (QED) is 0.856. The Bertz CT molecular complexity index is 754. The lowest BCUT2D eigenvalue weighted by Crippen LogP contribution is -2.42. The van der Waals surface area contributed by atoms with Crippen LogP contribution < -0.4 is 0 Å². The Kier molecular flexibility index (Phi) is 3.88. The molecule has 0 N–H and O–H groups in total. The first-order chi connectivity index (χ1) is 11.6. The SMILES string of the molecule is Cc1cc(C)n(CC(=O)N2CCOCC2)c1-c1nc(C2CC2)no1. The minimum Gasteiger partial charge on any atom is -0.378 e. The van der Waals surface area contributed by atoms with Crippen molar-refractivity contribution >= 4 is 5.91 Å². The van der Waals surface area contributed by atoms with Crippen molar-refractivity contribution in [3.05, 3.63) is 23.1 Å². The van der Waals surface area contributed by atoms with Crippen molar-refractivity contribution in [3.8, 4) is 11.6 Å². The second kappa shape index (κ2) is 6.05. The highest BCUT2D eigenvalue weighted by atomic mass is 16.5. The molecule has 2 fully saturated rings. The lowest BCUT2D eigenvalue weighted by atomic mass is 10.2. The smallest absolute Gasteiger partial charge is 0.274 e. The van der Waals surface area contributed by atoms with Crippen molar-refractivity contribution < 1.29 is 14.1 Å². The third kappa shape index (κ3) is 2.84. The summed E-state index contributed by atoms with van der Waals surface area (Å²) in [6.45, 7) is 6.82. The summed E-state index contributed by atoms with van der Waals surface area (Å²) in [6.07, 6.45) is 2.26. The Morgan fingerprint density at radius 3 is 2.75 bits per heavy atom. The van der Waals surface area contributed by atoms with E-state index in [4.69, 9.17) is 9.26 Å². The van der Waals surface area contributed by atoms with E-state index in [0.717, 1.165) is 35.6 Å². The summed E-state index contributed by atoms with van der Waals surface area (Å²) in [5.41, 5.74) is 2.93. The molecule has 0 bridgehead atoms. The van der Waals surface area contributed by atoms with Gasteiger partial charge in [-0.05, 0) is 38.3 Å². The van der Waals surface area contributed by atoms with Crippen molar-refractivity contribution in [2.24, 2.45) is 0 Å². The normalized spacial score (nSPS) is 18.2. The van der Waals surface area contributed by atoms with Crippen molar-refractivity contribution in [1.82, 2.24) is 19.6 Å². The van der Waals surface area contributed by atoms with E-state index < -0.39 is 0 Å². The number of hydrogen-bond donors (Lipinski definition) is 0. The van der Waals surface area contributed by atoms with Crippen LogP contribution in [0.2, 0.25) is 0 Å². The van der Waals surface area contributed by atoms with E-state index in [1.54, 1.807) is 0 Å². The fourth-order valence-corrected chi connectivity index (χ4v) is 3.22. The van der Waals surface area contributed by atoms with Crippen LogP contribution in [0, 0.1) is 13.8 Å². The van der Waals surface area contributed by atoms with Gasteiger partial charge in [0.05, 0.1) is 13.2 Å². The number of aromatic nitrogens is 3. The third-order valence-corrected chi connectivity index (χ3v) is 4.74. The summed E-state index contributed by atoms with van der Waals surface area (Å²) < 4.78 is 12.8. The number of nitrogens with zero attached hydrogens (tertiary/aromatic N) is 4. The van der Waals surface area contributed by atoms with Crippen molar-refractivity contribution in [2.45, 2.75) is 39.2 Å². The molecule has 0 atom stereocenters. The van der Waals surface area contributed by atoms with E-state index in [2.05, 4.69) is 16.2 Å². The topological polar surface area (TPSA) is 73.4 Å². The molecule has 3 heterocycles. The zero-order valence-corrected chi connectivity index (χ0v) is 14.1. The Labute approximate surface area is 140 Å². The van der Waals surface area contributed by atoms with Crippen LogP contribution in [0.1, 0.15) is 35.8 Å². The van der Waals surface area contributed by atoms with Gasteiger partial charge in [0.2, 0.25) is 5.91 Å². The molecule has 0 radical (unpaired) electrons. The summed E-state index contributed by atoms with van der Waals surface area (Å²) in [7, 11) is 0. The predicted molar refractivity (Wildman–Crippen MR) is 86.6 cm³/mol. The van der Waals surface area contributed by atoms with Gasteiger partial charge in [-0.15, -0.1) is 0 Å². The van der Waals surface area contributed by atoms with E-state index in [-0.39, 0.29) is 12.5 Å². The maximum absolute atomic E-state index is 12.6. The zero-order valence-electron chi connectivity index (χ0n) is 14.1. The molecule has 1 aliphatic carbocycles. The highest BCUT2D eigenvalue weighted by Gasteiger charge is 2.30. The first kappa shape index (κ1) is 15.4. The number of rotatable bonds is 4. The van der Waals surface area contributed by atoms with Gasteiger partial charge in [-0.3, -0.25) is 4.79 Å². The standard InChI is InChI=1S/C17H22N4O3/c1-11-9-12(2)21(10-14(22)20-5-7-23-8-6-20)15(11)17-18-16(19-24-17)13-3-4-13/h9,13H,3-8,10H2,1-2H3. The van der Waals surface area contributed by atoms with E-state index in [1.807, 2.05) is 23.3 Å². The number of morpholine rings is 1. The van der Waals surface area contributed by atoms with Crippen LogP contribution in [0.3, 0.4) is 0 Å². The maximum atomic E-state index is 12.6.